The van der Waals surface area contributed by atoms with E-state index < -0.39 is 0 Å². The summed E-state index contributed by atoms with van der Waals surface area (Å²) in [6.07, 6.45) is 2.69. The monoisotopic (exact) mass is 322 g/mol. The summed E-state index contributed by atoms with van der Waals surface area (Å²) in [5.74, 6) is 5.67. The zero-order valence-corrected chi connectivity index (χ0v) is 13.6. The molecule has 4 heteroatoms. The Bertz CT molecular complexity index is 582. The fraction of sp³-hybridized carbons (Fsp3) is 0.294. The summed E-state index contributed by atoms with van der Waals surface area (Å²) in [5.41, 5.74) is 6.49. The van der Waals surface area contributed by atoms with Crippen LogP contribution in [0, 0.1) is 6.92 Å². The number of hydrogen-bond acceptors (Lipinski definition) is 2. The van der Waals surface area contributed by atoms with E-state index >= 15 is 0 Å². The Kier molecular flexibility index (Phi) is 6.07. The molecule has 2 rings (SSSR count). The van der Waals surface area contributed by atoms with E-state index in [-0.39, 0.29) is 6.04 Å². The third kappa shape index (κ3) is 4.72. The molecular weight excluding hydrogens is 303 g/mol. The van der Waals surface area contributed by atoms with Gasteiger partial charge in [0.25, 0.3) is 0 Å². The summed E-state index contributed by atoms with van der Waals surface area (Å²) < 4.78 is 0. The zero-order chi connectivity index (χ0) is 15.2. The van der Waals surface area contributed by atoms with Gasteiger partial charge >= 0.3 is 0 Å². The van der Waals surface area contributed by atoms with E-state index in [9.17, 15) is 0 Å². The fourth-order valence-electron chi connectivity index (χ4n) is 2.31. The van der Waals surface area contributed by atoms with Gasteiger partial charge in [0.2, 0.25) is 0 Å². The van der Waals surface area contributed by atoms with Gasteiger partial charge in [0.15, 0.2) is 0 Å². The number of nitrogens with two attached hydrogens (primary N) is 1. The highest BCUT2D eigenvalue weighted by Gasteiger charge is 2.12. The van der Waals surface area contributed by atoms with Crippen LogP contribution in [0.2, 0.25) is 10.0 Å². The number of halogens is 2. The van der Waals surface area contributed by atoms with Gasteiger partial charge in [0.1, 0.15) is 0 Å². The van der Waals surface area contributed by atoms with E-state index in [1.165, 1.54) is 11.1 Å². The Morgan fingerprint density at radius 3 is 2.48 bits per heavy atom. The Morgan fingerprint density at radius 2 is 1.81 bits per heavy atom. The largest absolute Gasteiger partial charge is 0.271 e. The Labute approximate surface area is 136 Å². The van der Waals surface area contributed by atoms with Crippen molar-refractivity contribution in [3.8, 4) is 0 Å². The number of nitrogens with one attached hydrogen (secondary N) is 1. The van der Waals surface area contributed by atoms with Gasteiger partial charge in [0.05, 0.1) is 10.0 Å². The van der Waals surface area contributed by atoms with Crippen LogP contribution >= 0.6 is 23.2 Å². The first kappa shape index (κ1) is 16.3. The second-order valence-electron chi connectivity index (χ2n) is 5.30. The molecule has 3 N–H and O–H groups in total. The van der Waals surface area contributed by atoms with E-state index in [0.29, 0.717) is 10.0 Å². The minimum atomic E-state index is 0.169. The summed E-state index contributed by atoms with van der Waals surface area (Å²) >= 11 is 12.3. The van der Waals surface area contributed by atoms with Crippen molar-refractivity contribution in [2.75, 3.05) is 0 Å². The maximum atomic E-state index is 6.23. The predicted octanol–water partition coefficient (Wildman–Crippen LogP) is 4.31. The van der Waals surface area contributed by atoms with Crippen LogP contribution in [0.15, 0.2) is 42.5 Å². The quantitative estimate of drug-likeness (QED) is 0.614. The number of hydrazine groups is 1. The predicted molar refractivity (Wildman–Crippen MR) is 90.8 cm³/mol. The van der Waals surface area contributed by atoms with Crippen LogP contribution in [0.25, 0.3) is 0 Å². The molecule has 0 spiro atoms. The molecule has 0 aliphatic heterocycles. The van der Waals surface area contributed by atoms with Crippen molar-refractivity contribution in [1.29, 1.82) is 0 Å². The Morgan fingerprint density at radius 1 is 1.10 bits per heavy atom. The van der Waals surface area contributed by atoms with Crippen LogP contribution in [0.4, 0.5) is 0 Å². The minimum Gasteiger partial charge on any atom is -0.271 e. The fourth-order valence-corrected chi connectivity index (χ4v) is 2.71. The summed E-state index contributed by atoms with van der Waals surface area (Å²) in [5, 5.41) is 1.21. The summed E-state index contributed by atoms with van der Waals surface area (Å²) in [6.45, 7) is 2.09. The molecule has 0 aliphatic rings. The van der Waals surface area contributed by atoms with Gasteiger partial charge in [-0.05, 0) is 43.4 Å². The van der Waals surface area contributed by atoms with Crippen molar-refractivity contribution in [2.45, 2.75) is 32.2 Å². The van der Waals surface area contributed by atoms with Crippen molar-refractivity contribution in [2.24, 2.45) is 5.84 Å². The van der Waals surface area contributed by atoms with Crippen molar-refractivity contribution >= 4 is 23.2 Å². The first-order valence-corrected chi connectivity index (χ1v) is 7.80. The minimum absolute atomic E-state index is 0.169. The molecule has 0 saturated carbocycles. The van der Waals surface area contributed by atoms with Gasteiger partial charge in [-0.3, -0.25) is 11.3 Å². The first-order valence-electron chi connectivity index (χ1n) is 7.04. The molecule has 2 aromatic rings. The Balaban J connectivity index is 1.97. The van der Waals surface area contributed by atoms with Crippen LogP contribution < -0.4 is 11.3 Å². The van der Waals surface area contributed by atoms with Gasteiger partial charge in [-0.1, -0.05) is 65.2 Å². The SMILES string of the molecule is Cc1ccc(CCC(Cc2cccc(Cl)c2Cl)NN)cc1. The van der Waals surface area contributed by atoms with Crippen molar-refractivity contribution < 1.29 is 0 Å². The second-order valence-corrected chi connectivity index (χ2v) is 6.09. The molecule has 21 heavy (non-hydrogen) atoms. The molecule has 0 saturated heterocycles. The maximum absolute atomic E-state index is 6.23. The van der Waals surface area contributed by atoms with Crippen LogP contribution in [0.1, 0.15) is 23.1 Å². The molecule has 0 bridgehead atoms. The van der Waals surface area contributed by atoms with Crippen LogP contribution in [0.5, 0.6) is 0 Å². The number of aryl methyl sites for hydroxylation is 2. The number of hydrogen-bond donors (Lipinski definition) is 2. The van der Waals surface area contributed by atoms with Crippen molar-refractivity contribution in [3.63, 3.8) is 0 Å². The van der Waals surface area contributed by atoms with E-state index in [1.54, 1.807) is 6.07 Å². The standard InChI is InChI=1S/C17H20Cl2N2/c1-12-5-7-13(8-6-12)9-10-15(21-20)11-14-3-2-4-16(18)17(14)19/h2-8,15,21H,9-11,20H2,1H3. The number of rotatable bonds is 6. The normalized spacial score (nSPS) is 12.4. The molecule has 1 atom stereocenters. The van der Waals surface area contributed by atoms with Gasteiger partial charge in [-0.2, -0.15) is 0 Å². The lowest BCUT2D eigenvalue weighted by Crippen LogP contribution is -2.37. The highest BCUT2D eigenvalue weighted by atomic mass is 35.5. The third-order valence-corrected chi connectivity index (χ3v) is 4.49. The molecule has 0 amide bonds. The molecule has 0 heterocycles. The lowest BCUT2D eigenvalue weighted by Gasteiger charge is -2.17. The molecule has 0 aromatic heterocycles. The average Bonchev–Trinajstić information content (AvgIpc) is 2.49. The Hall–Kier alpha value is -1.06. The summed E-state index contributed by atoms with van der Waals surface area (Å²) in [6, 6.07) is 14.5. The highest BCUT2D eigenvalue weighted by molar-refractivity contribution is 6.42. The molecule has 0 fully saturated rings. The van der Waals surface area contributed by atoms with Crippen LogP contribution in [-0.2, 0) is 12.8 Å². The molecule has 0 radical (unpaired) electrons. The smallest absolute Gasteiger partial charge is 0.0624 e. The van der Waals surface area contributed by atoms with Crippen LogP contribution in [-0.4, -0.2) is 6.04 Å². The molecule has 0 aliphatic carbocycles. The average molecular weight is 323 g/mol. The first-order chi connectivity index (χ1) is 10.1. The number of benzene rings is 2. The van der Waals surface area contributed by atoms with Crippen molar-refractivity contribution in [3.05, 3.63) is 69.2 Å². The van der Waals surface area contributed by atoms with Crippen LogP contribution in [0.3, 0.4) is 0 Å². The zero-order valence-electron chi connectivity index (χ0n) is 12.1. The van der Waals surface area contributed by atoms with Gasteiger partial charge in [0, 0.05) is 6.04 Å². The van der Waals surface area contributed by atoms with Gasteiger partial charge in [-0.25, -0.2) is 0 Å². The lowest BCUT2D eigenvalue weighted by molar-refractivity contribution is 0.491. The molecule has 2 nitrogen and oxygen atoms in total. The lowest BCUT2D eigenvalue weighted by atomic mass is 9.99. The van der Waals surface area contributed by atoms with Gasteiger partial charge < -0.3 is 0 Å². The summed E-state index contributed by atoms with van der Waals surface area (Å²) in [7, 11) is 0. The molecule has 2 aromatic carbocycles. The molecule has 112 valence electrons. The van der Waals surface area contributed by atoms with Crippen molar-refractivity contribution in [1.82, 2.24) is 5.43 Å². The van der Waals surface area contributed by atoms with E-state index in [0.717, 1.165) is 24.8 Å². The molecular formula is C17H20Cl2N2. The highest BCUT2D eigenvalue weighted by Crippen LogP contribution is 2.26. The molecule has 1 unspecified atom stereocenters. The van der Waals surface area contributed by atoms with Gasteiger partial charge in [-0.15, -0.1) is 0 Å². The van der Waals surface area contributed by atoms with E-state index in [2.05, 4.69) is 36.6 Å². The van der Waals surface area contributed by atoms with E-state index in [1.807, 2.05) is 12.1 Å². The third-order valence-electron chi connectivity index (χ3n) is 3.64. The second kappa shape index (κ2) is 7.81. The maximum Gasteiger partial charge on any atom is 0.0624 e. The van der Waals surface area contributed by atoms with E-state index in [4.69, 9.17) is 29.0 Å². The topological polar surface area (TPSA) is 38.0 Å². The summed E-state index contributed by atoms with van der Waals surface area (Å²) in [4.78, 5) is 0.